The maximum absolute atomic E-state index is 12.5. The summed E-state index contributed by atoms with van der Waals surface area (Å²) in [4.78, 5) is 12.5. The van der Waals surface area contributed by atoms with Crippen molar-refractivity contribution in [2.24, 2.45) is 0 Å². The Kier molecular flexibility index (Phi) is 7.50. The molecule has 0 aliphatic carbocycles. The first-order chi connectivity index (χ1) is 15.3. The molecule has 0 spiro atoms. The molecule has 0 amide bonds. The summed E-state index contributed by atoms with van der Waals surface area (Å²) in [5.41, 5.74) is 9.27. The van der Waals surface area contributed by atoms with Crippen molar-refractivity contribution in [1.82, 2.24) is 0 Å². The van der Waals surface area contributed by atoms with E-state index in [1.807, 2.05) is 13.0 Å². The molecule has 32 heavy (non-hydrogen) atoms. The Labute approximate surface area is 190 Å². The van der Waals surface area contributed by atoms with Crippen LogP contribution in [-0.4, -0.2) is 21.8 Å². The van der Waals surface area contributed by atoms with Crippen molar-refractivity contribution >= 4 is 34.3 Å². The third kappa shape index (κ3) is 5.27. The predicted molar refractivity (Wildman–Crippen MR) is 125 cm³/mol. The quantitative estimate of drug-likeness (QED) is 0.291. The van der Waals surface area contributed by atoms with Gasteiger partial charge in [0.05, 0.1) is 35.3 Å². The number of nitrogens with zero attached hydrogens (tertiary/aromatic N) is 1. The summed E-state index contributed by atoms with van der Waals surface area (Å²) in [6.45, 7) is 3.96. The number of rotatable bonds is 8. The molecule has 7 nitrogen and oxygen atoms in total. The van der Waals surface area contributed by atoms with Gasteiger partial charge < -0.3 is 19.8 Å². The van der Waals surface area contributed by atoms with Gasteiger partial charge in [-0.05, 0) is 67.4 Å². The molecule has 2 N–H and O–H groups in total. The summed E-state index contributed by atoms with van der Waals surface area (Å²) < 4.78 is 36.0. The summed E-state index contributed by atoms with van der Waals surface area (Å²) in [6.07, 6.45) is 1.76. The summed E-state index contributed by atoms with van der Waals surface area (Å²) in [5, 5.41) is 0. The van der Waals surface area contributed by atoms with Crippen LogP contribution in [0, 0.1) is 6.92 Å². The maximum atomic E-state index is 12.5. The fourth-order valence-corrected chi connectivity index (χ4v) is 3.90. The fourth-order valence-electron chi connectivity index (χ4n) is 3.28. The molecule has 0 aromatic heterocycles. The van der Waals surface area contributed by atoms with Crippen LogP contribution in [0.1, 0.15) is 34.8 Å². The highest BCUT2D eigenvalue weighted by Gasteiger charge is 2.21. The van der Waals surface area contributed by atoms with E-state index in [0.29, 0.717) is 22.9 Å². The summed E-state index contributed by atoms with van der Waals surface area (Å²) in [7, 11) is 1.24. The van der Waals surface area contributed by atoms with Crippen LogP contribution in [0.15, 0.2) is 60.7 Å². The molecular formula is C24H25N2O5S-. The number of hydrogen-bond donors (Lipinski definition) is 1. The molecule has 0 heterocycles. The van der Waals surface area contributed by atoms with Crippen LogP contribution < -0.4 is 14.8 Å². The first-order valence-corrected chi connectivity index (χ1v) is 11.1. The van der Waals surface area contributed by atoms with E-state index in [9.17, 15) is 13.6 Å². The van der Waals surface area contributed by atoms with E-state index >= 15 is 0 Å². The van der Waals surface area contributed by atoms with Crippen molar-refractivity contribution in [2.45, 2.75) is 26.7 Å². The fraction of sp³-hybridized carbons (Fsp3) is 0.208. The predicted octanol–water partition coefficient (Wildman–Crippen LogP) is 5.04. The molecule has 0 saturated carbocycles. The number of nitrogens with two attached hydrogens (primary N) is 1. The van der Waals surface area contributed by atoms with Gasteiger partial charge in [0, 0.05) is 5.69 Å². The Balaban J connectivity index is 2.02. The van der Waals surface area contributed by atoms with Crippen LogP contribution in [0.4, 0.5) is 17.1 Å². The van der Waals surface area contributed by atoms with Gasteiger partial charge in [-0.15, -0.1) is 0 Å². The Bertz CT molecular complexity index is 1130. The number of ether oxygens (including phenoxy) is 2. The lowest BCUT2D eigenvalue weighted by Crippen LogP contribution is -2.22. The molecule has 3 aromatic rings. The van der Waals surface area contributed by atoms with Crippen LogP contribution in [0.5, 0.6) is 11.5 Å². The number of anilines is 3. The van der Waals surface area contributed by atoms with E-state index in [-0.39, 0.29) is 11.3 Å². The smallest absolute Gasteiger partial charge is 0.340 e. The average Bonchev–Trinajstić information content (AvgIpc) is 2.77. The standard InChI is InChI=1S/C24H26N2O5S/c1-4-5-17-14-19(10-12-22(17)25)31-20-11-13-23(21(15-20)24(27)30-3)26(32(28)29)18-8-6-16(2)7-9-18/h6-15H,4-5,25H2,1-3H3,(H,28,29)/p-1. The van der Waals surface area contributed by atoms with Crippen molar-refractivity contribution in [3.8, 4) is 11.5 Å². The first kappa shape index (κ1) is 23.3. The Morgan fingerprint density at radius 1 is 1.06 bits per heavy atom. The molecular weight excluding hydrogens is 428 g/mol. The number of nitrogen functional groups attached to an aromatic ring is 1. The second-order valence-corrected chi connectivity index (χ2v) is 8.03. The summed E-state index contributed by atoms with van der Waals surface area (Å²) in [5.74, 6) is 0.243. The summed E-state index contributed by atoms with van der Waals surface area (Å²) in [6, 6.07) is 16.9. The van der Waals surface area contributed by atoms with Gasteiger partial charge in [-0.3, -0.25) is 8.51 Å². The average molecular weight is 454 g/mol. The topological polar surface area (TPSA) is 105 Å². The monoisotopic (exact) mass is 453 g/mol. The van der Waals surface area contributed by atoms with Gasteiger partial charge in [-0.2, -0.15) is 0 Å². The third-order valence-corrected chi connectivity index (χ3v) is 5.58. The van der Waals surface area contributed by atoms with Crippen LogP contribution >= 0.6 is 0 Å². The van der Waals surface area contributed by atoms with Crippen molar-refractivity contribution < 1.29 is 23.0 Å². The lowest BCUT2D eigenvalue weighted by atomic mass is 10.1. The zero-order valence-corrected chi connectivity index (χ0v) is 19.0. The van der Waals surface area contributed by atoms with Crippen LogP contribution in [0.25, 0.3) is 0 Å². The van der Waals surface area contributed by atoms with E-state index in [1.165, 1.54) is 19.2 Å². The molecule has 0 radical (unpaired) electrons. The minimum absolute atomic E-state index is 0.0546. The number of carbonyl (C=O) groups excluding carboxylic acids is 1. The van der Waals surface area contributed by atoms with Crippen molar-refractivity contribution in [2.75, 3.05) is 17.1 Å². The number of methoxy groups -OCH3 is 1. The lowest BCUT2D eigenvalue weighted by Gasteiger charge is -2.28. The number of hydrogen-bond acceptors (Lipinski definition) is 6. The first-order valence-electron chi connectivity index (χ1n) is 10.1. The zero-order chi connectivity index (χ0) is 23.3. The summed E-state index contributed by atoms with van der Waals surface area (Å²) >= 11 is -2.67. The number of aryl methyl sites for hydroxylation is 2. The highest BCUT2D eigenvalue weighted by atomic mass is 32.2. The van der Waals surface area contributed by atoms with E-state index < -0.39 is 17.2 Å². The molecule has 3 aromatic carbocycles. The maximum Gasteiger partial charge on any atom is 0.340 e. The second kappa shape index (κ2) is 10.3. The van der Waals surface area contributed by atoms with Gasteiger partial charge in [-0.25, -0.2) is 4.79 Å². The molecule has 0 aliphatic heterocycles. The zero-order valence-electron chi connectivity index (χ0n) is 18.2. The molecule has 3 rings (SSSR count). The Morgan fingerprint density at radius 2 is 1.72 bits per heavy atom. The van der Waals surface area contributed by atoms with E-state index in [0.717, 1.165) is 28.3 Å². The van der Waals surface area contributed by atoms with Crippen molar-refractivity contribution in [1.29, 1.82) is 0 Å². The van der Waals surface area contributed by atoms with Crippen LogP contribution in [0.2, 0.25) is 0 Å². The molecule has 1 unspecified atom stereocenters. The lowest BCUT2D eigenvalue weighted by molar-refractivity contribution is 0.0601. The van der Waals surface area contributed by atoms with E-state index in [2.05, 4.69) is 6.92 Å². The molecule has 0 fully saturated rings. The van der Waals surface area contributed by atoms with E-state index in [4.69, 9.17) is 15.2 Å². The SMILES string of the molecule is CCCc1cc(Oc2ccc(N(c3ccc(C)cc3)S(=O)[O-])c(C(=O)OC)c2)ccc1N. The van der Waals surface area contributed by atoms with Gasteiger partial charge >= 0.3 is 5.97 Å². The molecule has 0 bridgehead atoms. The normalized spacial score (nSPS) is 11.6. The number of carbonyl (C=O) groups is 1. The molecule has 1 atom stereocenters. The van der Waals surface area contributed by atoms with Crippen LogP contribution in [-0.2, 0) is 22.4 Å². The molecule has 168 valence electrons. The third-order valence-electron chi connectivity index (χ3n) is 4.88. The molecule has 0 saturated heterocycles. The number of esters is 1. The largest absolute Gasteiger partial charge is 0.755 e. The Hall–Kier alpha value is -3.36. The Morgan fingerprint density at radius 3 is 2.34 bits per heavy atom. The van der Waals surface area contributed by atoms with E-state index in [1.54, 1.807) is 42.5 Å². The number of benzene rings is 3. The molecule has 0 aliphatic rings. The van der Waals surface area contributed by atoms with Gasteiger partial charge in [0.25, 0.3) is 0 Å². The van der Waals surface area contributed by atoms with Crippen LogP contribution in [0.3, 0.4) is 0 Å². The highest BCUT2D eigenvalue weighted by molar-refractivity contribution is 7.81. The minimum atomic E-state index is -2.67. The highest BCUT2D eigenvalue weighted by Crippen LogP contribution is 2.35. The van der Waals surface area contributed by atoms with Gasteiger partial charge in [0.15, 0.2) is 0 Å². The molecule has 8 heteroatoms. The second-order valence-electron chi connectivity index (χ2n) is 7.23. The minimum Gasteiger partial charge on any atom is -0.755 e. The van der Waals surface area contributed by atoms with Crippen molar-refractivity contribution in [3.63, 3.8) is 0 Å². The van der Waals surface area contributed by atoms with Gasteiger partial charge in [0.2, 0.25) is 0 Å². The van der Waals surface area contributed by atoms with Crippen molar-refractivity contribution in [3.05, 3.63) is 77.4 Å². The van der Waals surface area contributed by atoms with Gasteiger partial charge in [-0.1, -0.05) is 31.0 Å². The van der Waals surface area contributed by atoms with Gasteiger partial charge in [0.1, 0.15) is 11.5 Å².